The first kappa shape index (κ1) is 13.6. The van der Waals surface area contributed by atoms with E-state index in [0.717, 1.165) is 49.1 Å². The first-order chi connectivity index (χ1) is 8.65. The normalized spacial score (nSPS) is 14.9. The van der Waals surface area contributed by atoms with Crippen molar-refractivity contribution in [1.82, 2.24) is 9.97 Å². The fraction of sp³-hybridized carbons (Fsp3) is 0.714. The van der Waals surface area contributed by atoms with Gasteiger partial charge in [0.25, 0.3) is 0 Å². The Balaban J connectivity index is 2.27. The van der Waals surface area contributed by atoms with E-state index in [2.05, 4.69) is 23.7 Å². The molecular formula is C14H22ClN3. The molecule has 1 aliphatic rings. The number of nitrogens with zero attached hydrogens (tertiary/aromatic N) is 3. The van der Waals surface area contributed by atoms with Gasteiger partial charge >= 0.3 is 0 Å². The van der Waals surface area contributed by atoms with Crippen LogP contribution in [0, 0.1) is 12.8 Å². The highest BCUT2D eigenvalue weighted by atomic mass is 35.5. The summed E-state index contributed by atoms with van der Waals surface area (Å²) in [7, 11) is 0. The van der Waals surface area contributed by atoms with Crippen LogP contribution < -0.4 is 4.90 Å². The molecule has 0 amide bonds. The zero-order valence-corrected chi connectivity index (χ0v) is 12.3. The van der Waals surface area contributed by atoms with Crippen LogP contribution in [0.4, 0.5) is 5.82 Å². The molecule has 100 valence electrons. The van der Waals surface area contributed by atoms with Crippen molar-refractivity contribution in [2.45, 2.75) is 46.5 Å². The van der Waals surface area contributed by atoms with Gasteiger partial charge in [-0.05, 0) is 39.0 Å². The van der Waals surface area contributed by atoms with Crippen LogP contribution in [-0.2, 0) is 6.42 Å². The minimum atomic E-state index is 0.609. The number of hydrogen-bond donors (Lipinski definition) is 0. The van der Waals surface area contributed by atoms with Crippen LogP contribution in [0.15, 0.2) is 0 Å². The molecule has 2 rings (SSSR count). The Labute approximate surface area is 115 Å². The number of aromatic nitrogens is 2. The summed E-state index contributed by atoms with van der Waals surface area (Å²) in [5, 5.41) is 0.609. The number of halogens is 1. The zero-order chi connectivity index (χ0) is 13.1. The predicted molar refractivity (Wildman–Crippen MR) is 76.4 cm³/mol. The Morgan fingerprint density at radius 2 is 2.00 bits per heavy atom. The molecular weight excluding hydrogens is 246 g/mol. The SMILES string of the molecule is CCCc1nc(Cl)c(C)c(N(CC)CC2CC2)n1. The van der Waals surface area contributed by atoms with Gasteiger partial charge in [0.2, 0.25) is 0 Å². The first-order valence-electron chi connectivity index (χ1n) is 6.93. The van der Waals surface area contributed by atoms with Crippen molar-refractivity contribution in [1.29, 1.82) is 0 Å². The molecule has 0 spiro atoms. The van der Waals surface area contributed by atoms with Crippen LogP contribution in [0.25, 0.3) is 0 Å². The van der Waals surface area contributed by atoms with E-state index in [1.807, 2.05) is 6.92 Å². The van der Waals surface area contributed by atoms with E-state index < -0.39 is 0 Å². The van der Waals surface area contributed by atoms with Crippen LogP contribution in [0.3, 0.4) is 0 Å². The monoisotopic (exact) mass is 267 g/mol. The maximum absolute atomic E-state index is 6.23. The Kier molecular flexibility index (Phi) is 4.44. The third kappa shape index (κ3) is 3.14. The van der Waals surface area contributed by atoms with Crippen molar-refractivity contribution in [3.63, 3.8) is 0 Å². The third-order valence-electron chi connectivity index (χ3n) is 3.44. The molecule has 1 aromatic rings. The van der Waals surface area contributed by atoms with Crippen LogP contribution >= 0.6 is 11.6 Å². The Bertz CT molecular complexity index is 416. The summed E-state index contributed by atoms with van der Waals surface area (Å²) in [5.41, 5.74) is 1.01. The van der Waals surface area contributed by atoms with E-state index in [-0.39, 0.29) is 0 Å². The van der Waals surface area contributed by atoms with Crippen LogP contribution in [0.5, 0.6) is 0 Å². The minimum Gasteiger partial charge on any atom is -0.356 e. The smallest absolute Gasteiger partial charge is 0.137 e. The van der Waals surface area contributed by atoms with Crippen molar-refractivity contribution >= 4 is 17.4 Å². The van der Waals surface area contributed by atoms with Crippen molar-refractivity contribution in [3.8, 4) is 0 Å². The lowest BCUT2D eigenvalue weighted by molar-refractivity contribution is 0.718. The molecule has 0 aromatic carbocycles. The standard InChI is InChI=1S/C14H22ClN3/c1-4-6-12-16-13(15)10(3)14(17-12)18(5-2)9-11-7-8-11/h11H,4-9H2,1-3H3. The molecule has 0 atom stereocenters. The Hall–Kier alpha value is -0.830. The molecule has 0 N–H and O–H groups in total. The Morgan fingerprint density at radius 3 is 2.56 bits per heavy atom. The van der Waals surface area contributed by atoms with Gasteiger partial charge in [-0.2, -0.15) is 0 Å². The summed E-state index contributed by atoms with van der Waals surface area (Å²) in [5.74, 6) is 2.76. The van der Waals surface area contributed by atoms with Gasteiger partial charge in [-0.25, -0.2) is 9.97 Å². The van der Waals surface area contributed by atoms with Gasteiger partial charge in [0, 0.05) is 25.1 Å². The van der Waals surface area contributed by atoms with E-state index in [0.29, 0.717) is 5.15 Å². The molecule has 1 heterocycles. The number of anilines is 1. The summed E-state index contributed by atoms with van der Waals surface area (Å²) in [6, 6.07) is 0. The molecule has 0 unspecified atom stereocenters. The second-order valence-corrected chi connectivity index (χ2v) is 5.47. The lowest BCUT2D eigenvalue weighted by Gasteiger charge is -2.24. The fourth-order valence-corrected chi connectivity index (χ4v) is 2.32. The highest BCUT2D eigenvalue weighted by Crippen LogP contribution is 2.32. The lowest BCUT2D eigenvalue weighted by Crippen LogP contribution is -2.27. The molecule has 3 nitrogen and oxygen atoms in total. The highest BCUT2D eigenvalue weighted by molar-refractivity contribution is 6.30. The first-order valence-corrected chi connectivity index (χ1v) is 7.31. The lowest BCUT2D eigenvalue weighted by atomic mass is 10.2. The van der Waals surface area contributed by atoms with Gasteiger partial charge < -0.3 is 4.90 Å². The average Bonchev–Trinajstić information content (AvgIpc) is 3.15. The van der Waals surface area contributed by atoms with E-state index in [1.165, 1.54) is 12.8 Å². The molecule has 0 saturated heterocycles. The number of rotatable bonds is 6. The molecule has 0 bridgehead atoms. The summed E-state index contributed by atoms with van der Waals surface area (Å²) >= 11 is 6.23. The summed E-state index contributed by atoms with van der Waals surface area (Å²) < 4.78 is 0. The van der Waals surface area contributed by atoms with Gasteiger partial charge in [-0.15, -0.1) is 0 Å². The highest BCUT2D eigenvalue weighted by Gasteiger charge is 2.25. The molecule has 18 heavy (non-hydrogen) atoms. The largest absolute Gasteiger partial charge is 0.356 e. The van der Waals surface area contributed by atoms with Gasteiger partial charge in [-0.1, -0.05) is 18.5 Å². The second-order valence-electron chi connectivity index (χ2n) is 5.11. The van der Waals surface area contributed by atoms with Crippen molar-refractivity contribution in [2.75, 3.05) is 18.0 Å². The van der Waals surface area contributed by atoms with E-state index in [9.17, 15) is 0 Å². The minimum absolute atomic E-state index is 0.609. The molecule has 1 saturated carbocycles. The van der Waals surface area contributed by atoms with Crippen LogP contribution in [0.2, 0.25) is 5.15 Å². The summed E-state index contributed by atoms with van der Waals surface area (Å²) in [6.45, 7) is 8.42. The fourth-order valence-electron chi connectivity index (χ4n) is 2.14. The molecule has 0 aliphatic heterocycles. The van der Waals surface area contributed by atoms with Gasteiger partial charge in [0.15, 0.2) is 0 Å². The van der Waals surface area contributed by atoms with Gasteiger partial charge in [0.05, 0.1) is 0 Å². The quantitative estimate of drug-likeness (QED) is 0.737. The average molecular weight is 268 g/mol. The molecule has 4 heteroatoms. The third-order valence-corrected chi connectivity index (χ3v) is 3.81. The molecule has 0 radical (unpaired) electrons. The topological polar surface area (TPSA) is 29.0 Å². The maximum Gasteiger partial charge on any atom is 0.137 e. The molecule has 1 aliphatic carbocycles. The van der Waals surface area contributed by atoms with E-state index in [1.54, 1.807) is 0 Å². The van der Waals surface area contributed by atoms with E-state index >= 15 is 0 Å². The van der Waals surface area contributed by atoms with Crippen molar-refractivity contribution in [3.05, 3.63) is 16.5 Å². The molecule has 1 fully saturated rings. The van der Waals surface area contributed by atoms with Crippen molar-refractivity contribution < 1.29 is 0 Å². The van der Waals surface area contributed by atoms with E-state index in [4.69, 9.17) is 16.6 Å². The van der Waals surface area contributed by atoms with Gasteiger partial charge in [0.1, 0.15) is 16.8 Å². The van der Waals surface area contributed by atoms with Crippen molar-refractivity contribution in [2.24, 2.45) is 5.92 Å². The van der Waals surface area contributed by atoms with Crippen LogP contribution in [0.1, 0.15) is 44.5 Å². The molecule has 1 aromatic heterocycles. The maximum atomic E-state index is 6.23. The number of aryl methyl sites for hydroxylation is 1. The summed E-state index contributed by atoms with van der Waals surface area (Å²) in [4.78, 5) is 11.4. The van der Waals surface area contributed by atoms with Crippen LogP contribution in [-0.4, -0.2) is 23.1 Å². The number of hydrogen-bond acceptors (Lipinski definition) is 3. The second kappa shape index (κ2) is 5.87. The predicted octanol–water partition coefficient (Wildman–Crippen LogP) is 3.63. The Morgan fingerprint density at radius 1 is 1.28 bits per heavy atom. The zero-order valence-electron chi connectivity index (χ0n) is 11.5. The van der Waals surface area contributed by atoms with Gasteiger partial charge in [-0.3, -0.25) is 0 Å². The summed E-state index contributed by atoms with van der Waals surface area (Å²) in [6.07, 6.45) is 4.66.